The van der Waals surface area contributed by atoms with Crippen LogP contribution < -0.4 is 10.2 Å². The Morgan fingerprint density at radius 3 is 2.14 bits per heavy atom. The molecule has 5 rings (SSSR count). The molecular formula is C28H32FN5O. The lowest BCUT2D eigenvalue weighted by atomic mass is 9.69. The number of urea groups is 1. The van der Waals surface area contributed by atoms with E-state index in [1.165, 1.54) is 5.56 Å². The summed E-state index contributed by atoms with van der Waals surface area (Å²) in [4.78, 5) is 26.1. The summed E-state index contributed by atoms with van der Waals surface area (Å²) < 4.78 is 14.0. The van der Waals surface area contributed by atoms with E-state index in [0.717, 1.165) is 31.2 Å². The molecule has 2 aliphatic rings. The number of amides is 2. The van der Waals surface area contributed by atoms with E-state index in [1.807, 2.05) is 0 Å². The van der Waals surface area contributed by atoms with E-state index in [0.29, 0.717) is 29.2 Å². The zero-order valence-electron chi connectivity index (χ0n) is 20.8. The molecule has 7 heteroatoms. The van der Waals surface area contributed by atoms with Gasteiger partial charge in [0.1, 0.15) is 5.82 Å². The highest BCUT2D eigenvalue weighted by Crippen LogP contribution is 2.46. The number of hydrogen-bond acceptors (Lipinski definition) is 4. The zero-order valence-corrected chi connectivity index (χ0v) is 20.8. The van der Waals surface area contributed by atoms with Crippen molar-refractivity contribution < 1.29 is 9.18 Å². The van der Waals surface area contributed by atoms with Crippen LogP contribution in [0.15, 0.2) is 54.9 Å². The van der Waals surface area contributed by atoms with Gasteiger partial charge < -0.3 is 5.32 Å². The summed E-state index contributed by atoms with van der Waals surface area (Å²) in [7, 11) is 4.29. The van der Waals surface area contributed by atoms with Crippen LogP contribution in [-0.4, -0.2) is 47.1 Å². The summed E-state index contributed by atoms with van der Waals surface area (Å²) in [6.07, 6.45) is 7.11. The maximum atomic E-state index is 14.0. The smallest absolute Gasteiger partial charge is 0.322 e. The number of nitrogens with one attached hydrogen (secondary N) is 1. The lowest BCUT2D eigenvalue weighted by molar-refractivity contribution is 0.0658. The Labute approximate surface area is 206 Å². The summed E-state index contributed by atoms with van der Waals surface area (Å²) in [6, 6.07) is 14.1. The first-order valence-corrected chi connectivity index (χ1v) is 12.1. The van der Waals surface area contributed by atoms with Gasteiger partial charge in [-0.1, -0.05) is 30.3 Å². The third-order valence-electron chi connectivity index (χ3n) is 7.92. The Hall–Kier alpha value is -3.32. The highest BCUT2D eigenvalue weighted by molar-refractivity contribution is 5.95. The number of nitrogens with zero attached hydrogens (tertiary/aromatic N) is 4. The van der Waals surface area contributed by atoms with E-state index < -0.39 is 0 Å². The Morgan fingerprint density at radius 2 is 1.57 bits per heavy atom. The van der Waals surface area contributed by atoms with Crippen LogP contribution in [0.3, 0.4) is 0 Å². The lowest BCUT2D eigenvalue weighted by Gasteiger charge is -2.48. The number of aryl methyl sites for hydroxylation is 2. The molecule has 1 saturated heterocycles. The van der Waals surface area contributed by atoms with Crippen molar-refractivity contribution in [1.29, 1.82) is 0 Å². The molecule has 0 unspecified atom stereocenters. The molecule has 0 atom stereocenters. The van der Waals surface area contributed by atoms with Crippen molar-refractivity contribution in [2.45, 2.75) is 50.6 Å². The van der Waals surface area contributed by atoms with Gasteiger partial charge in [0.25, 0.3) is 0 Å². The Morgan fingerprint density at radius 1 is 0.971 bits per heavy atom. The maximum absolute atomic E-state index is 14.0. The van der Waals surface area contributed by atoms with Crippen molar-refractivity contribution in [3.8, 4) is 11.4 Å². The van der Waals surface area contributed by atoms with E-state index in [2.05, 4.69) is 64.6 Å². The van der Waals surface area contributed by atoms with Crippen LogP contribution in [0.1, 0.15) is 42.4 Å². The standard InChI is InChI=1S/C28H32FN5O/c1-19-14-21(15-20(2)24(19)29)25-30-16-23(17-31-25)34-18-27(32-26(34)35)10-12-28(13-11-27,33(3)4)22-8-6-5-7-9-22/h5-9,14-17H,10-13,18H2,1-4H3,(H,32,35)/t27-,28+. The third-order valence-corrected chi connectivity index (χ3v) is 7.92. The quantitative estimate of drug-likeness (QED) is 0.566. The van der Waals surface area contributed by atoms with E-state index in [9.17, 15) is 9.18 Å². The molecule has 0 radical (unpaired) electrons. The molecule has 3 aromatic rings. The van der Waals surface area contributed by atoms with Gasteiger partial charge in [-0.15, -0.1) is 0 Å². The minimum atomic E-state index is -0.255. The van der Waals surface area contributed by atoms with Crippen LogP contribution >= 0.6 is 0 Å². The van der Waals surface area contributed by atoms with Crippen LogP contribution in [-0.2, 0) is 5.54 Å². The van der Waals surface area contributed by atoms with Crippen molar-refractivity contribution in [3.63, 3.8) is 0 Å². The number of anilines is 1. The lowest BCUT2D eigenvalue weighted by Crippen LogP contribution is -2.54. The third kappa shape index (κ3) is 4.08. The minimum Gasteiger partial charge on any atom is -0.330 e. The van der Waals surface area contributed by atoms with Gasteiger partial charge in [0.05, 0.1) is 30.2 Å². The Kier molecular flexibility index (Phi) is 5.83. The van der Waals surface area contributed by atoms with Crippen molar-refractivity contribution in [2.75, 3.05) is 25.5 Å². The molecule has 1 saturated carbocycles. The van der Waals surface area contributed by atoms with Gasteiger partial charge in [-0.25, -0.2) is 19.2 Å². The second-order valence-electron chi connectivity index (χ2n) is 10.3. The fourth-order valence-corrected chi connectivity index (χ4v) is 5.77. The van der Waals surface area contributed by atoms with E-state index in [-0.39, 0.29) is 22.9 Å². The molecule has 2 amide bonds. The maximum Gasteiger partial charge on any atom is 0.322 e. The summed E-state index contributed by atoms with van der Waals surface area (Å²) in [5.41, 5.74) is 3.62. The number of benzene rings is 2. The first-order valence-electron chi connectivity index (χ1n) is 12.1. The average Bonchev–Trinajstić information content (AvgIpc) is 3.19. The predicted molar refractivity (Wildman–Crippen MR) is 136 cm³/mol. The average molecular weight is 474 g/mol. The van der Waals surface area contributed by atoms with E-state index in [1.54, 1.807) is 43.3 Å². The van der Waals surface area contributed by atoms with Gasteiger partial charge in [0, 0.05) is 11.1 Å². The summed E-state index contributed by atoms with van der Waals surface area (Å²) >= 11 is 0. The molecule has 0 bridgehead atoms. The molecule has 1 aliphatic carbocycles. The summed E-state index contributed by atoms with van der Waals surface area (Å²) in [6.45, 7) is 4.07. The first-order chi connectivity index (χ1) is 16.7. The van der Waals surface area contributed by atoms with Gasteiger partial charge in [-0.3, -0.25) is 9.80 Å². The molecule has 2 fully saturated rings. The van der Waals surface area contributed by atoms with Gasteiger partial charge in [0.2, 0.25) is 0 Å². The van der Waals surface area contributed by atoms with Gasteiger partial charge in [-0.2, -0.15) is 0 Å². The highest BCUT2D eigenvalue weighted by atomic mass is 19.1. The second-order valence-corrected chi connectivity index (χ2v) is 10.3. The topological polar surface area (TPSA) is 61.4 Å². The van der Waals surface area contributed by atoms with Crippen molar-refractivity contribution in [2.24, 2.45) is 0 Å². The monoisotopic (exact) mass is 473 g/mol. The Bertz CT molecular complexity index is 1210. The van der Waals surface area contributed by atoms with Crippen LogP contribution in [0.5, 0.6) is 0 Å². The second kappa shape index (κ2) is 8.72. The van der Waals surface area contributed by atoms with Crippen molar-refractivity contribution in [1.82, 2.24) is 20.2 Å². The molecule has 35 heavy (non-hydrogen) atoms. The van der Waals surface area contributed by atoms with Crippen LogP contribution in [0.4, 0.5) is 14.9 Å². The van der Waals surface area contributed by atoms with Crippen molar-refractivity contribution >= 4 is 11.7 Å². The fourth-order valence-electron chi connectivity index (χ4n) is 5.77. The number of hydrogen-bond donors (Lipinski definition) is 1. The highest BCUT2D eigenvalue weighted by Gasteiger charge is 2.50. The molecule has 1 N–H and O–H groups in total. The van der Waals surface area contributed by atoms with Crippen LogP contribution in [0.25, 0.3) is 11.4 Å². The normalized spacial score (nSPS) is 24.3. The van der Waals surface area contributed by atoms with Crippen LogP contribution in [0, 0.1) is 19.7 Å². The van der Waals surface area contributed by atoms with Crippen molar-refractivity contribution in [3.05, 3.63) is 77.4 Å². The molecule has 2 heterocycles. The molecule has 2 aromatic carbocycles. The van der Waals surface area contributed by atoms with Gasteiger partial charge in [-0.05, 0) is 82.4 Å². The molecule has 1 spiro atoms. The predicted octanol–water partition coefficient (Wildman–Crippen LogP) is 5.20. The zero-order chi connectivity index (χ0) is 24.8. The summed E-state index contributed by atoms with van der Waals surface area (Å²) in [5.74, 6) is 0.313. The molecule has 6 nitrogen and oxygen atoms in total. The largest absolute Gasteiger partial charge is 0.330 e. The molecular weight excluding hydrogens is 441 g/mol. The minimum absolute atomic E-state index is 0.0269. The van der Waals surface area contributed by atoms with Crippen LogP contribution in [0.2, 0.25) is 0 Å². The molecule has 1 aliphatic heterocycles. The SMILES string of the molecule is Cc1cc(-c2ncc(N3C[C@]4(CC[C@](c5ccccc5)(N(C)C)CC4)NC3=O)cn2)cc(C)c1F. The van der Waals surface area contributed by atoms with E-state index in [4.69, 9.17) is 0 Å². The van der Waals surface area contributed by atoms with E-state index >= 15 is 0 Å². The number of carbonyl (C=O) groups excluding carboxylic acids is 1. The number of aromatic nitrogens is 2. The Balaban J connectivity index is 1.33. The van der Waals surface area contributed by atoms with Gasteiger partial charge in [0.15, 0.2) is 5.82 Å². The first kappa shape index (κ1) is 23.4. The number of halogens is 1. The summed E-state index contributed by atoms with van der Waals surface area (Å²) in [5, 5.41) is 3.28. The fraction of sp³-hybridized carbons (Fsp3) is 0.393. The molecule has 1 aromatic heterocycles. The number of carbonyl (C=O) groups is 1. The number of rotatable bonds is 4. The molecule has 182 valence electrons. The van der Waals surface area contributed by atoms with Gasteiger partial charge >= 0.3 is 6.03 Å².